The molecule has 5 nitrogen and oxygen atoms in total. The van der Waals surface area contributed by atoms with Crippen molar-refractivity contribution in [2.75, 3.05) is 26.6 Å². The second kappa shape index (κ2) is 8.68. The zero-order valence-electron chi connectivity index (χ0n) is 13.6. The van der Waals surface area contributed by atoms with Gasteiger partial charge in [0.05, 0.1) is 24.6 Å². The lowest BCUT2D eigenvalue weighted by molar-refractivity contribution is 0.181. The minimum Gasteiger partial charge on any atom is -0.477 e. The number of hydrogen-bond donors (Lipinski definition) is 1. The van der Waals surface area contributed by atoms with E-state index in [-0.39, 0.29) is 6.04 Å². The molecule has 2 atom stereocenters. The Hall–Kier alpha value is -1.08. The topological polar surface area (TPSA) is 70.3 Å². The lowest BCUT2D eigenvalue weighted by Gasteiger charge is -2.16. The van der Waals surface area contributed by atoms with Crippen molar-refractivity contribution in [1.82, 2.24) is 9.97 Å². The van der Waals surface area contributed by atoms with E-state index >= 15 is 0 Å². The molecule has 0 aliphatic carbocycles. The zero-order valence-corrected chi connectivity index (χ0v) is 15.2. The molecule has 2 aromatic rings. The van der Waals surface area contributed by atoms with Gasteiger partial charge in [-0.3, -0.25) is 0 Å². The van der Waals surface area contributed by atoms with Gasteiger partial charge in [0, 0.05) is 24.8 Å². The van der Waals surface area contributed by atoms with Crippen LogP contribution in [0, 0.1) is 0 Å². The van der Waals surface area contributed by atoms with Crippen molar-refractivity contribution >= 4 is 34.1 Å². The van der Waals surface area contributed by atoms with Crippen molar-refractivity contribution in [2.45, 2.75) is 24.6 Å². The molecule has 0 bridgehead atoms. The van der Waals surface area contributed by atoms with Crippen LogP contribution < -0.4 is 10.5 Å². The average Bonchev–Trinajstić information content (AvgIpc) is 2.54. The number of halogens is 1. The smallest absolute Gasteiger partial charge is 0.222 e. The molecule has 0 aliphatic rings. The molecular formula is C16H22ClN3O2S. The highest BCUT2D eigenvalue weighted by Crippen LogP contribution is 2.30. The number of methoxy groups -OCH3 is 1. The second-order valence-corrected chi connectivity index (χ2v) is 6.98. The van der Waals surface area contributed by atoms with E-state index in [0.29, 0.717) is 29.5 Å². The van der Waals surface area contributed by atoms with Crippen LogP contribution in [0.1, 0.15) is 24.9 Å². The van der Waals surface area contributed by atoms with Crippen LogP contribution in [0.2, 0.25) is 5.15 Å². The maximum Gasteiger partial charge on any atom is 0.222 e. The monoisotopic (exact) mass is 355 g/mol. The summed E-state index contributed by atoms with van der Waals surface area (Å²) in [6.45, 7) is 3.19. The number of thioether (sulfide) groups is 1. The van der Waals surface area contributed by atoms with Gasteiger partial charge in [0.25, 0.3) is 0 Å². The summed E-state index contributed by atoms with van der Waals surface area (Å²) in [5.41, 5.74) is 7.03. The zero-order chi connectivity index (χ0) is 16.8. The van der Waals surface area contributed by atoms with Crippen molar-refractivity contribution < 1.29 is 9.47 Å². The van der Waals surface area contributed by atoms with Gasteiger partial charge in [-0.15, -0.1) is 0 Å². The van der Waals surface area contributed by atoms with E-state index in [9.17, 15) is 0 Å². The fourth-order valence-corrected chi connectivity index (χ4v) is 2.72. The molecule has 7 heteroatoms. The highest BCUT2D eigenvalue weighted by Gasteiger charge is 2.15. The number of fused-ring (bicyclic) bond motifs is 1. The Balaban J connectivity index is 2.31. The number of nitrogens with two attached hydrogens (primary N) is 1. The maximum absolute atomic E-state index is 6.16. The first-order valence-corrected chi connectivity index (χ1v) is 9.07. The van der Waals surface area contributed by atoms with Gasteiger partial charge in [-0.25, -0.2) is 9.97 Å². The predicted molar refractivity (Wildman–Crippen MR) is 96.4 cm³/mol. The van der Waals surface area contributed by atoms with Crippen molar-refractivity contribution in [3.05, 3.63) is 29.2 Å². The third-order valence-corrected chi connectivity index (χ3v) is 4.89. The van der Waals surface area contributed by atoms with E-state index in [4.69, 9.17) is 26.8 Å². The molecule has 2 N–H and O–H groups in total. The summed E-state index contributed by atoms with van der Waals surface area (Å²) in [6, 6.07) is 1.51. The minimum absolute atomic E-state index is 0.279. The van der Waals surface area contributed by atoms with Crippen LogP contribution in [0.3, 0.4) is 0 Å². The van der Waals surface area contributed by atoms with Gasteiger partial charge in [0.1, 0.15) is 5.15 Å². The van der Waals surface area contributed by atoms with Crippen LogP contribution in [-0.4, -0.2) is 41.8 Å². The Morgan fingerprint density at radius 3 is 2.78 bits per heavy atom. The number of hydrogen-bond acceptors (Lipinski definition) is 6. The van der Waals surface area contributed by atoms with E-state index in [1.165, 1.54) is 0 Å². The fourth-order valence-electron chi connectivity index (χ4n) is 2.23. The minimum atomic E-state index is -0.279. The number of nitrogens with zero attached hydrogens (tertiary/aromatic N) is 2. The highest BCUT2D eigenvalue weighted by atomic mass is 35.5. The van der Waals surface area contributed by atoms with Crippen LogP contribution in [0.15, 0.2) is 18.5 Å². The summed E-state index contributed by atoms with van der Waals surface area (Å²) >= 11 is 7.86. The van der Waals surface area contributed by atoms with Gasteiger partial charge in [0.2, 0.25) is 5.88 Å². The van der Waals surface area contributed by atoms with E-state index in [1.807, 2.05) is 11.8 Å². The average molecular weight is 356 g/mol. The van der Waals surface area contributed by atoms with Crippen molar-refractivity contribution in [2.24, 2.45) is 5.73 Å². The van der Waals surface area contributed by atoms with Gasteiger partial charge < -0.3 is 15.2 Å². The standard InChI is InChI=1S/C16H22ClN3O2S/c1-10(23-3)4-5-22-16-13-8-19-15(17)6-11(13)12(7-20-16)14(18)9-21-2/h6-8,10,14H,4-5,9,18H2,1-3H3. The summed E-state index contributed by atoms with van der Waals surface area (Å²) in [4.78, 5) is 8.56. The summed E-state index contributed by atoms with van der Waals surface area (Å²) in [7, 11) is 1.62. The molecule has 126 valence electrons. The second-order valence-electron chi connectivity index (χ2n) is 5.32. The highest BCUT2D eigenvalue weighted by molar-refractivity contribution is 7.99. The molecule has 23 heavy (non-hydrogen) atoms. The molecule has 0 spiro atoms. The first-order chi connectivity index (χ1) is 11.1. The van der Waals surface area contributed by atoms with Gasteiger partial charge in [0.15, 0.2) is 0 Å². The van der Waals surface area contributed by atoms with E-state index < -0.39 is 0 Å². The Kier molecular flexibility index (Phi) is 6.89. The molecule has 0 aromatic carbocycles. The molecular weight excluding hydrogens is 334 g/mol. The number of ether oxygens (including phenoxy) is 2. The van der Waals surface area contributed by atoms with Crippen LogP contribution in [0.5, 0.6) is 5.88 Å². The molecule has 2 heterocycles. The normalized spacial score (nSPS) is 14.0. The SMILES string of the molecule is COCC(N)c1cnc(OCCC(C)SC)c2cnc(Cl)cc12. The van der Waals surface area contributed by atoms with Gasteiger partial charge in [-0.1, -0.05) is 18.5 Å². The Morgan fingerprint density at radius 2 is 2.09 bits per heavy atom. The first kappa shape index (κ1) is 18.3. The van der Waals surface area contributed by atoms with Crippen molar-refractivity contribution in [3.8, 4) is 5.88 Å². The molecule has 0 aliphatic heterocycles. The Morgan fingerprint density at radius 1 is 1.30 bits per heavy atom. The number of rotatable bonds is 8. The summed E-state index contributed by atoms with van der Waals surface area (Å²) in [5, 5.41) is 2.67. The lowest BCUT2D eigenvalue weighted by Crippen LogP contribution is -2.17. The van der Waals surface area contributed by atoms with E-state index in [2.05, 4.69) is 23.1 Å². The molecule has 0 amide bonds. The summed E-state index contributed by atoms with van der Waals surface area (Å²) in [5.74, 6) is 0.561. The largest absolute Gasteiger partial charge is 0.477 e. The van der Waals surface area contributed by atoms with Crippen LogP contribution in [0.4, 0.5) is 0 Å². The third kappa shape index (κ3) is 4.70. The molecule has 0 radical (unpaired) electrons. The van der Waals surface area contributed by atoms with Gasteiger partial charge in [-0.05, 0) is 29.7 Å². The Bertz CT molecular complexity index is 657. The van der Waals surface area contributed by atoms with Crippen molar-refractivity contribution in [3.63, 3.8) is 0 Å². The van der Waals surface area contributed by atoms with Gasteiger partial charge >= 0.3 is 0 Å². The van der Waals surface area contributed by atoms with Crippen LogP contribution in [0.25, 0.3) is 10.8 Å². The number of pyridine rings is 2. The molecule has 2 unspecified atom stereocenters. The van der Waals surface area contributed by atoms with E-state index in [0.717, 1.165) is 22.8 Å². The summed E-state index contributed by atoms with van der Waals surface area (Å²) in [6.07, 6.45) is 6.46. The van der Waals surface area contributed by atoms with Crippen LogP contribution in [-0.2, 0) is 4.74 Å². The van der Waals surface area contributed by atoms with Crippen molar-refractivity contribution in [1.29, 1.82) is 0 Å². The van der Waals surface area contributed by atoms with Crippen LogP contribution >= 0.6 is 23.4 Å². The van der Waals surface area contributed by atoms with E-state index in [1.54, 1.807) is 25.6 Å². The summed E-state index contributed by atoms with van der Waals surface area (Å²) < 4.78 is 11.0. The predicted octanol–water partition coefficient (Wildman–Crippen LogP) is 3.45. The molecule has 2 aromatic heterocycles. The third-order valence-electron chi connectivity index (χ3n) is 3.64. The fraction of sp³-hybridized carbons (Fsp3) is 0.500. The molecule has 0 saturated heterocycles. The van der Waals surface area contributed by atoms with Gasteiger partial charge in [-0.2, -0.15) is 11.8 Å². The molecule has 0 fully saturated rings. The molecule has 2 rings (SSSR count). The first-order valence-electron chi connectivity index (χ1n) is 7.41. The maximum atomic E-state index is 6.16. The molecule has 0 saturated carbocycles. The quantitative estimate of drug-likeness (QED) is 0.731. The lowest BCUT2D eigenvalue weighted by atomic mass is 10.0. The number of aromatic nitrogens is 2. The Labute approximate surface area is 145 Å².